The number of amides is 1. The molecule has 1 aromatic heterocycles. The quantitative estimate of drug-likeness (QED) is 0.545. The average Bonchev–Trinajstić information content (AvgIpc) is 2.67. The molecule has 132 valence electrons. The Balaban J connectivity index is 1.77. The Morgan fingerprint density at radius 1 is 1.04 bits per heavy atom. The molecule has 26 heavy (non-hydrogen) atoms. The smallest absolute Gasteiger partial charge is 0.266 e. The summed E-state index contributed by atoms with van der Waals surface area (Å²) in [5.74, 6) is 0.976. The van der Waals surface area contributed by atoms with Crippen molar-refractivity contribution in [3.05, 3.63) is 88.0 Å². The van der Waals surface area contributed by atoms with Crippen molar-refractivity contribution < 1.29 is 9.53 Å². The van der Waals surface area contributed by atoms with Crippen LogP contribution in [0.1, 0.15) is 5.56 Å². The summed E-state index contributed by atoms with van der Waals surface area (Å²) >= 11 is 9.63. The van der Waals surface area contributed by atoms with Crippen LogP contribution in [0.15, 0.2) is 77.4 Å². The number of aromatic nitrogens is 1. The van der Waals surface area contributed by atoms with Gasteiger partial charge in [-0.25, -0.2) is 4.98 Å². The fraction of sp³-hybridized carbons (Fsp3) is 0.100. The molecule has 0 spiro atoms. The van der Waals surface area contributed by atoms with E-state index in [0.29, 0.717) is 23.1 Å². The molecule has 0 saturated heterocycles. The lowest BCUT2D eigenvalue weighted by Crippen LogP contribution is -2.35. The Morgan fingerprint density at radius 3 is 2.46 bits per heavy atom. The summed E-state index contributed by atoms with van der Waals surface area (Å²) in [5.41, 5.74) is 0.844. The van der Waals surface area contributed by atoms with E-state index in [4.69, 9.17) is 16.3 Å². The van der Waals surface area contributed by atoms with Gasteiger partial charge < -0.3 is 4.74 Å². The van der Waals surface area contributed by atoms with Crippen molar-refractivity contribution in [1.29, 1.82) is 0 Å². The number of pyridine rings is 1. The van der Waals surface area contributed by atoms with Crippen LogP contribution in [-0.4, -0.2) is 17.5 Å². The molecule has 0 fully saturated rings. The third-order valence-corrected chi connectivity index (χ3v) is 4.59. The summed E-state index contributed by atoms with van der Waals surface area (Å²) in [4.78, 5) is 18.7. The number of carbonyl (C=O) groups excluding carboxylic acids is 1. The molecule has 0 saturated carbocycles. The summed E-state index contributed by atoms with van der Waals surface area (Å²) in [5, 5.41) is 0.607. The summed E-state index contributed by atoms with van der Waals surface area (Å²) in [6.07, 6.45) is 1.65. The average molecular weight is 432 g/mol. The third-order valence-electron chi connectivity index (χ3n) is 3.69. The van der Waals surface area contributed by atoms with Gasteiger partial charge in [0.05, 0.1) is 6.54 Å². The highest BCUT2D eigenvalue weighted by atomic mass is 79.9. The minimum atomic E-state index is -0.202. The predicted molar refractivity (Wildman–Crippen MR) is 107 cm³/mol. The number of rotatable bonds is 6. The standard InChI is InChI=1S/C20H16BrClN2O2/c21-16-8-10-17(11-9-16)26-14-20(25)24(19-7-3-4-12-23-19)13-15-5-1-2-6-18(15)22/h1-12H,13-14H2. The van der Waals surface area contributed by atoms with Crippen LogP contribution < -0.4 is 9.64 Å². The van der Waals surface area contributed by atoms with Crippen LogP contribution in [0.3, 0.4) is 0 Å². The first-order valence-electron chi connectivity index (χ1n) is 7.96. The zero-order valence-electron chi connectivity index (χ0n) is 13.8. The molecule has 0 N–H and O–H groups in total. The molecule has 1 heterocycles. The molecule has 3 aromatic rings. The van der Waals surface area contributed by atoms with E-state index >= 15 is 0 Å². The van der Waals surface area contributed by atoms with Crippen LogP contribution in [0.2, 0.25) is 5.02 Å². The summed E-state index contributed by atoms with van der Waals surface area (Å²) in [7, 11) is 0. The summed E-state index contributed by atoms with van der Waals surface area (Å²) in [6.45, 7) is 0.224. The Bertz CT molecular complexity index is 872. The van der Waals surface area contributed by atoms with Crippen LogP contribution in [-0.2, 0) is 11.3 Å². The number of halogens is 2. The van der Waals surface area contributed by atoms with Crippen molar-refractivity contribution in [3.63, 3.8) is 0 Å². The molecular weight excluding hydrogens is 416 g/mol. The van der Waals surface area contributed by atoms with Crippen molar-refractivity contribution in [2.45, 2.75) is 6.54 Å². The van der Waals surface area contributed by atoms with Gasteiger partial charge in [0.25, 0.3) is 5.91 Å². The van der Waals surface area contributed by atoms with Crippen LogP contribution in [0.4, 0.5) is 5.82 Å². The molecular formula is C20H16BrClN2O2. The van der Waals surface area contributed by atoms with Gasteiger partial charge >= 0.3 is 0 Å². The molecule has 0 bridgehead atoms. The van der Waals surface area contributed by atoms with Crippen molar-refractivity contribution in [3.8, 4) is 5.75 Å². The SMILES string of the molecule is O=C(COc1ccc(Br)cc1)N(Cc1ccccc1Cl)c1ccccn1. The fourth-order valence-corrected chi connectivity index (χ4v) is 2.82. The van der Waals surface area contributed by atoms with Gasteiger partial charge in [-0.15, -0.1) is 0 Å². The van der Waals surface area contributed by atoms with E-state index in [0.717, 1.165) is 10.0 Å². The van der Waals surface area contributed by atoms with Gasteiger partial charge in [0, 0.05) is 15.7 Å². The normalized spacial score (nSPS) is 10.4. The molecule has 0 atom stereocenters. The molecule has 0 aliphatic heterocycles. The van der Waals surface area contributed by atoms with E-state index in [2.05, 4.69) is 20.9 Å². The van der Waals surface area contributed by atoms with Gasteiger partial charge in [0.1, 0.15) is 11.6 Å². The van der Waals surface area contributed by atoms with E-state index in [1.807, 2.05) is 36.4 Å². The van der Waals surface area contributed by atoms with Crippen LogP contribution >= 0.6 is 27.5 Å². The topological polar surface area (TPSA) is 42.4 Å². The molecule has 0 aliphatic rings. The maximum atomic E-state index is 12.8. The van der Waals surface area contributed by atoms with Gasteiger partial charge in [-0.05, 0) is 48.0 Å². The van der Waals surface area contributed by atoms with Gasteiger partial charge in [0.2, 0.25) is 0 Å². The maximum Gasteiger partial charge on any atom is 0.266 e. The van der Waals surface area contributed by atoms with Gasteiger partial charge in [-0.2, -0.15) is 0 Å². The summed E-state index contributed by atoms with van der Waals surface area (Å²) < 4.78 is 6.57. The number of carbonyl (C=O) groups is 1. The number of ether oxygens (including phenoxy) is 1. The van der Waals surface area contributed by atoms with Gasteiger partial charge in [-0.3, -0.25) is 9.69 Å². The fourth-order valence-electron chi connectivity index (χ4n) is 2.36. The van der Waals surface area contributed by atoms with E-state index in [9.17, 15) is 4.79 Å². The second kappa shape index (κ2) is 8.83. The van der Waals surface area contributed by atoms with E-state index in [1.165, 1.54) is 0 Å². The highest BCUT2D eigenvalue weighted by Crippen LogP contribution is 2.21. The van der Waals surface area contributed by atoms with Crippen molar-refractivity contribution >= 4 is 39.3 Å². The highest BCUT2D eigenvalue weighted by molar-refractivity contribution is 9.10. The number of hydrogen-bond donors (Lipinski definition) is 0. The summed E-state index contributed by atoms with van der Waals surface area (Å²) in [6, 6.07) is 20.2. The third kappa shape index (κ3) is 4.84. The van der Waals surface area contributed by atoms with Crippen LogP contribution in [0, 0.1) is 0 Å². The van der Waals surface area contributed by atoms with Crippen molar-refractivity contribution in [2.24, 2.45) is 0 Å². The predicted octanol–water partition coefficient (Wildman–Crippen LogP) is 5.11. The van der Waals surface area contributed by atoms with Crippen LogP contribution in [0.5, 0.6) is 5.75 Å². The molecule has 4 nitrogen and oxygen atoms in total. The number of hydrogen-bond acceptors (Lipinski definition) is 3. The Morgan fingerprint density at radius 2 is 1.77 bits per heavy atom. The number of anilines is 1. The van der Waals surface area contributed by atoms with Crippen molar-refractivity contribution in [2.75, 3.05) is 11.5 Å². The second-order valence-corrected chi connectivity index (χ2v) is 6.82. The van der Waals surface area contributed by atoms with Crippen molar-refractivity contribution in [1.82, 2.24) is 4.98 Å². The molecule has 0 unspecified atom stereocenters. The molecule has 0 aliphatic carbocycles. The minimum absolute atomic E-state index is 0.0946. The highest BCUT2D eigenvalue weighted by Gasteiger charge is 2.19. The zero-order chi connectivity index (χ0) is 18.4. The lowest BCUT2D eigenvalue weighted by atomic mass is 10.2. The largest absolute Gasteiger partial charge is 0.484 e. The number of benzene rings is 2. The molecule has 0 radical (unpaired) electrons. The second-order valence-electron chi connectivity index (χ2n) is 5.50. The first kappa shape index (κ1) is 18.4. The Labute approximate surface area is 165 Å². The van der Waals surface area contributed by atoms with E-state index < -0.39 is 0 Å². The Kier molecular flexibility index (Phi) is 6.26. The lowest BCUT2D eigenvalue weighted by Gasteiger charge is -2.22. The van der Waals surface area contributed by atoms with Gasteiger partial charge in [0.15, 0.2) is 6.61 Å². The molecule has 3 rings (SSSR count). The molecule has 6 heteroatoms. The molecule has 2 aromatic carbocycles. The van der Waals surface area contributed by atoms with Gasteiger partial charge in [-0.1, -0.05) is 51.8 Å². The zero-order valence-corrected chi connectivity index (χ0v) is 16.2. The lowest BCUT2D eigenvalue weighted by molar-refractivity contribution is -0.120. The first-order chi connectivity index (χ1) is 12.6. The van der Waals surface area contributed by atoms with Crippen LogP contribution in [0.25, 0.3) is 0 Å². The monoisotopic (exact) mass is 430 g/mol. The Hall–Kier alpha value is -2.37. The van der Waals surface area contributed by atoms with E-state index in [1.54, 1.807) is 41.4 Å². The molecule has 1 amide bonds. The first-order valence-corrected chi connectivity index (χ1v) is 9.14. The number of nitrogens with zero attached hydrogens (tertiary/aromatic N) is 2. The minimum Gasteiger partial charge on any atom is -0.484 e. The van der Waals surface area contributed by atoms with E-state index in [-0.39, 0.29) is 12.5 Å². The maximum absolute atomic E-state index is 12.8.